The summed E-state index contributed by atoms with van der Waals surface area (Å²) in [5, 5.41) is 0.565. The SMILES string of the molecule is CCN1C(=O)/C(=C\c2ccc(OCc3ccc(I)cc3)c(OC)c2)SC1=Nc1ccc(F)cc1. The maximum Gasteiger partial charge on any atom is 0.266 e. The fourth-order valence-electron chi connectivity index (χ4n) is 3.28. The number of halogens is 2. The number of amides is 1. The summed E-state index contributed by atoms with van der Waals surface area (Å²) >= 11 is 3.56. The van der Waals surface area contributed by atoms with Gasteiger partial charge >= 0.3 is 0 Å². The van der Waals surface area contributed by atoms with Crippen molar-refractivity contribution in [2.45, 2.75) is 13.5 Å². The minimum absolute atomic E-state index is 0.119. The first kappa shape index (κ1) is 24.3. The summed E-state index contributed by atoms with van der Waals surface area (Å²) in [5.41, 5.74) is 2.47. The molecule has 1 aliphatic heterocycles. The summed E-state index contributed by atoms with van der Waals surface area (Å²) < 4.78 is 25.8. The van der Waals surface area contributed by atoms with Gasteiger partial charge in [-0.05, 0) is 107 Å². The van der Waals surface area contributed by atoms with E-state index in [2.05, 4.69) is 27.6 Å². The Hall–Kier alpha value is -2.85. The Morgan fingerprint density at radius 1 is 1.06 bits per heavy atom. The van der Waals surface area contributed by atoms with Crippen LogP contribution < -0.4 is 9.47 Å². The van der Waals surface area contributed by atoms with Gasteiger partial charge < -0.3 is 9.47 Å². The van der Waals surface area contributed by atoms with E-state index in [1.165, 1.54) is 27.5 Å². The van der Waals surface area contributed by atoms with E-state index in [9.17, 15) is 9.18 Å². The fraction of sp³-hybridized carbons (Fsp3) is 0.154. The molecule has 0 spiro atoms. The molecule has 1 aliphatic rings. The van der Waals surface area contributed by atoms with Gasteiger partial charge in [-0.15, -0.1) is 0 Å². The van der Waals surface area contributed by atoms with Gasteiger partial charge in [-0.2, -0.15) is 0 Å². The number of hydrogen-bond acceptors (Lipinski definition) is 5. The number of benzene rings is 3. The molecule has 1 heterocycles. The molecule has 0 aromatic heterocycles. The van der Waals surface area contributed by atoms with Crippen molar-refractivity contribution in [3.8, 4) is 11.5 Å². The van der Waals surface area contributed by atoms with Crippen LogP contribution in [0.3, 0.4) is 0 Å². The highest BCUT2D eigenvalue weighted by Crippen LogP contribution is 2.36. The normalized spacial score (nSPS) is 15.9. The number of carbonyl (C=O) groups is 1. The van der Waals surface area contributed by atoms with Crippen LogP contribution in [0.2, 0.25) is 0 Å². The average Bonchev–Trinajstić information content (AvgIpc) is 3.14. The molecule has 0 atom stereocenters. The lowest BCUT2D eigenvalue weighted by Gasteiger charge is -2.12. The number of rotatable bonds is 7. The molecule has 0 N–H and O–H groups in total. The Labute approximate surface area is 215 Å². The van der Waals surface area contributed by atoms with E-state index >= 15 is 0 Å². The van der Waals surface area contributed by atoms with Gasteiger partial charge in [0.05, 0.1) is 17.7 Å². The third-order valence-electron chi connectivity index (χ3n) is 5.05. The fourth-order valence-corrected chi connectivity index (χ4v) is 4.70. The van der Waals surface area contributed by atoms with E-state index in [-0.39, 0.29) is 11.7 Å². The van der Waals surface area contributed by atoms with E-state index in [0.29, 0.717) is 40.4 Å². The molecular formula is C26H22FIN2O3S. The lowest BCUT2D eigenvalue weighted by Crippen LogP contribution is -2.28. The van der Waals surface area contributed by atoms with E-state index in [0.717, 1.165) is 11.1 Å². The highest BCUT2D eigenvalue weighted by Gasteiger charge is 2.32. The summed E-state index contributed by atoms with van der Waals surface area (Å²) in [5.74, 6) is 0.767. The minimum Gasteiger partial charge on any atom is -0.493 e. The first-order valence-electron chi connectivity index (χ1n) is 10.6. The zero-order chi connectivity index (χ0) is 24.1. The molecule has 5 nitrogen and oxygen atoms in total. The first-order chi connectivity index (χ1) is 16.5. The standard InChI is InChI=1S/C26H22FIN2O3S/c1-3-30-25(31)24(34-26(30)29-21-11-7-19(27)8-12-21)15-18-6-13-22(23(14-18)32-2)33-16-17-4-9-20(28)10-5-17/h4-15H,3,16H2,1-2H3/b24-15+,29-26?. The van der Waals surface area contributed by atoms with Gasteiger partial charge in [-0.1, -0.05) is 18.2 Å². The predicted octanol–water partition coefficient (Wildman–Crippen LogP) is 6.64. The molecule has 3 aromatic carbocycles. The van der Waals surface area contributed by atoms with Gasteiger partial charge in [0.1, 0.15) is 12.4 Å². The monoisotopic (exact) mass is 588 g/mol. The van der Waals surface area contributed by atoms with Gasteiger partial charge in [-0.3, -0.25) is 9.69 Å². The Morgan fingerprint density at radius 2 is 1.79 bits per heavy atom. The van der Waals surface area contributed by atoms with Gasteiger partial charge in [0, 0.05) is 10.1 Å². The third-order valence-corrected chi connectivity index (χ3v) is 6.77. The van der Waals surface area contributed by atoms with Gasteiger partial charge in [0.15, 0.2) is 16.7 Å². The van der Waals surface area contributed by atoms with E-state index in [4.69, 9.17) is 9.47 Å². The average molecular weight is 588 g/mol. The molecule has 4 rings (SSSR count). The molecule has 3 aromatic rings. The summed E-state index contributed by atoms with van der Waals surface area (Å²) in [6.45, 7) is 2.80. The van der Waals surface area contributed by atoms with Crippen LogP contribution in [0.5, 0.6) is 11.5 Å². The van der Waals surface area contributed by atoms with Crippen molar-refractivity contribution in [2.75, 3.05) is 13.7 Å². The largest absolute Gasteiger partial charge is 0.493 e. The van der Waals surface area contributed by atoms with Gasteiger partial charge in [-0.25, -0.2) is 9.38 Å². The highest BCUT2D eigenvalue weighted by atomic mass is 127. The van der Waals surface area contributed by atoms with Crippen molar-refractivity contribution in [2.24, 2.45) is 4.99 Å². The number of carbonyl (C=O) groups excluding carboxylic acids is 1. The number of ether oxygens (including phenoxy) is 2. The summed E-state index contributed by atoms with van der Waals surface area (Å²) in [6, 6.07) is 19.6. The zero-order valence-corrected chi connectivity index (χ0v) is 21.6. The molecule has 1 saturated heterocycles. The Kier molecular flexibility index (Phi) is 7.89. The summed E-state index contributed by atoms with van der Waals surface area (Å²) in [6.07, 6.45) is 1.81. The number of nitrogens with zero attached hydrogens (tertiary/aromatic N) is 2. The van der Waals surface area contributed by atoms with Crippen LogP contribution in [0.1, 0.15) is 18.1 Å². The number of aliphatic imine (C=N–C) groups is 1. The second-order valence-corrected chi connectivity index (χ2v) is 9.61. The number of thioether (sulfide) groups is 1. The third kappa shape index (κ3) is 5.79. The molecule has 8 heteroatoms. The highest BCUT2D eigenvalue weighted by molar-refractivity contribution is 14.1. The van der Waals surface area contributed by atoms with Crippen LogP contribution >= 0.6 is 34.4 Å². The Morgan fingerprint density at radius 3 is 2.47 bits per heavy atom. The second kappa shape index (κ2) is 11.1. The molecule has 174 valence electrons. The van der Waals surface area contributed by atoms with Crippen molar-refractivity contribution in [3.05, 3.63) is 92.1 Å². The Bertz CT molecular complexity index is 1240. The van der Waals surface area contributed by atoms with Crippen LogP contribution in [0.4, 0.5) is 10.1 Å². The first-order valence-corrected chi connectivity index (χ1v) is 12.5. The lowest BCUT2D eigenvalue weighted by molar-refractivity contribution is -0.122. The molecule has 0 saturated carbocycles. The maximum absolute atomic E-state index is 13.2. The van der Waals surface area contributed by atoms with Crippen molar-refractivity contribution in [1.82, 2.24) is 4.90 Å². The number of methoxy groups -OCH3 is 1. The quantitative estimate of drug-likeness (QED) is 0.230. The molecule has 34 heavy (non-hydrogen) atoms. The predicted molar refractivity (Wildman–Crippen MR) is 143 cm³/mol. The molecule has 1 amide bonds. The van der Waals surface area contributed by atoms with Crippen molar-refractivity contribution in [1.29, 1.82) is 0 Å². The van der Waals surface area contributed by atoms with Crippen molar-refractivity contribution >= 4 is 57.2 Å². The van der Waals surface area contributed by atoms with Crippen LogP contribution in [0.25, 0.3) is 6.08 Å². The number of likely N-dealkylation sites (N-methyl/N-ethyl adjacent to an activating group) is 1. The van der Waals surface area contributed by atoms with Gasteiger partial charge in [0.2, 0.25) is 0 Å². The van der Waals surface area contributed by atoms with E-state index in [1.807, 2.05) is 55.5 Å². The maximum atomic E-state index is 13.2. The summed E-state index contributed by atoms with van der Waals surface area (Å²) in [7, 11) is 1.59. The van der Waals surface area contributed by atoms with Crippen LogP contribution in [0.15, 0.2) is 76.6 Å². The molecule has 1 fully saturated rings. The Balaban J connectivity index is 1.53. The zero-order valence-electron chi connectivity index (χ0n) is 18.6. The van der Waals surface area contributed by atoms with E-state index in [1.54, 1.807) is 24.1 Å². The smallest absolute Gasteiger partial charge is 0.266 e. The van der Waals surface area contributed by atoms with Crippen LogP contribution in [-0.2, 0) is 11.4 Å². The van der Waals surface area contributed by atoms with Gasteiger partial charge in [0.25, 0.3) is 5.91 Å². The lowest BCUT2D eigenvalue weighted by atomic mass is 10.1. The van der Waals surface area contributed by atoms with E-state index < -0.39 is 0 Å². The number of amidine groups is 1. The van der Waals surface area contributed by atoms with Crippen LogP contribution in [0, 0.1) is 9.39 Å². The van der Waals surface area contributed by atoms with Crippen molar-refractivity contribution in [3.63, 3.8) is 0 Å². The number of hydrogen-bond donors (Lipinski definition) is 0. The topological polar surface area (TPSA) is 51.1 Å². The van der Waals surface area contributed by atoms with Crippen LogP contribution in [-0.4, -0.2) is 29.6 Å². The summed E-state index contributed by atoms with van der Waals surface area (Å²) in [4.78, 5) is 19.6. The second-order valence-electron chi connectivity index (χ2n) is 7.36. The minimum atomic E-state index is -0.327. The molecule has 0 unspecified atom stereocenters. The molecule has 0 radical (unpaired) electrons. The molecular weight excluding hydrogens is 566 g/mol. The van der Waals surface area contributed by atoms with Crippen molar-refractivity contribution < 1.29 is 18.7 Å². The molecule has 0 bridgehead atoms. The molecule has 0 aliphatic carbocycles.